The topological polar surface area (TPSA) is 30.5 Å². The van der Waals surface area contributed by atoms with Crippen molar-refractivity contribution in [3.8, 4) is 0 Å². The molecule has 16 heavy (non-hydrogen) atoms. The average molecular weight is 229 g/mol. The normalized spacial score (nSPS) is 18.4. The number of methoxy groups -OCH3 is 1. The second kappa shape index (κ2) is 8.97. The molecule has 1 unspecified atom stereocenters. The molecule has 0 spiro atoms. The van der Waals surface area contributed by atoms with Crippen LogP contribution in [0.5, 0.6) is 0 Å². The van der Waals surface area contributed by atoms with E-state index in [-0.39, 0.29) is 0 Å². The predicted molar refractivity (Wildman–Crippen MR) is 66.7 cm³/mol. The molecule has 0 aromatic carbocycles. The van der Waals surface area contributed by atoms with Gasteiger partial charge in [0.1, 0.15) is 0 Å². The Morgan fingerprint density at radius 1 is 1.25 bits per heavy atom. The molecule has 0 amide bonds. The van der Waals surface area contributed by atoms with E-state index < -0.39 is 0 Å². The highest BCUT2D eigenvalue weighted by molar-refractivity contribution is 4.74. The summed E-state index contributed by atoms with van der Waals surface area (Å²) >= 11 is 0. The van der Waals surface area contributed by atoms with E-state index in [0.29, 0.717) is 19.3 Å². The fraction of sp³-hybridized carbons (Fsp3) is 1.00. The molecule has 1 aliphatic carbocycles. The summed E-state index contributed by atoms with van der Waals surface area (Å²) in [5.74, 6) is 1.00. The maximum atomic E-state index is 5.40. The first-order valence-electron chi connectivity index (χ1n) is 6.63. The van der Waals surface area contributed by atoms with Crippen molar-refractivity contribution in [3.05, 3.63) is 0 Å². The van der Waals surface area contributed by atoms with Crippen LogP contribution in [-0.2, 0) is 9.47 Å². The van der Waals surface area contributed by atoms with Crippen LogP contribution in [0.3, 0.4) is 0 Å². The van der Waals surface area contributed by atoms with Crippen LogP contribution < -0.4 is 5.32 Å². The van der Waals surface area contributed by atoms with Crippen molar-refractivity contribution in [1.29, 1.82) is 0 Å². The van der Waals surface area contributed by atoms with E-state index in [9.17, 15) is 0 Å². The predicted octanol–water partition coefficient (Wildman–Crippen LogP) is 2.21. The Morgan fingerprint density at radius 3 is 2.69 bits per heavy atom. The fourth-order valence-corrected chi connectivity index (χ4v) is 2.08. The second-order valence-electron chi connectivity index (χ2n) is 4.85. The van der Waals surface area contributed by atoms with E-state index in [1.165, 1.54) is 25.7 Å². The van der Waals surface area contributed by atoms with Crippen molar-refractivity contribution in [2.75, 3.05) is 33.5 Å². The van der Waals surface area contributed by atoms with Gasteiger partial charge in [0.2, 0.25) is 0 Å². The number of ether oxygens (including phenoxy) is 2. The molecule has 0 bridgehead atoms. The van der Waals surface area contributed by atoms with E-state index in [1.807, 2.05) is 0 Å². The van der Waals surface area contributed by atoms with Gasteiger partial charge in [-0.3, -0.25) is 0 Å². The van der Waals surface area contributed by atoms with Gasteiger partial charge in [-0.2, -0.15) is 0 Å². The molecule has 0 radical (unpaired) electrons. The lowest BCUT2D eigenvalue weighted by Gasteiger charge is -2.28. The van der Waals surface area contributed by atoms with Gasteiger partial charge in [-0.1, -0.05) is 19.3 Å². The summed E-state index contributed by atoms with van der Waals surface area (Å²) < 4.78 is 10.3. The molecule has 0 aliphatic heterocycles. The van der Waals surface area contributed by atoms with Gasteiger partial charge in [-0.05, 0) is 32.2 Å². The zero-order chi connectivity index (χ0) is 11.6. The first-order valence-corrected chi connectivity index (χ1v) is 6.63. The Hall–Kier alpha value is -0.120. The third-order valence-electron chi connectivity index (χ3n) is 3.30. The molecule has 1 fully saturated rings. The summed E-state index contributed by atoms with van der Waals surface area (Å²) in [4.78, 5) is 0. The summed E-state index contributed by atoms with van der Waals surface area (Å²) in [7, 11) is 1.70. The molecule has 0 saturated heterocycles. The molecule has 1 aliphatic rings. The minimum absolute atomic E-state index is 0.671. The Labute approximate surface area is 99.9 Å². The number of hydrogen-bond acceptors (Lipinski definition) is 3. The monoisotopic (exact) mass is 229 g/mol. The molecular formula is C13H27NO2. The Kier molecular flexibility index (Phi) is 7.81. The van der Waals surface area contributed by atoms with Crippen LogP contribution in [0.1, 0.15) is 39.0 Å². The van der Waals surface area contributed by atoms with Gasteiger partial charge in [0.05, 0.1) is 13.2 Å². The van der Waals surface area contributed by atoms with Crippen molar-refractivity contribution in [1.82, 2.24) is 5.32 Å². The molecule has 3 nitrogen and oxygen atoms in total. The summed E-state index contributed by atoms with van der Waals surface area (Å²) in [6.45, 7) is 5.62. The van der Waals surface area contributed by atoms with Gasteiger partial charge in [0.15, 0.2) is 0 Å². The molecule has 0 heterocycles. The van der Waals surface area contributed by atoms with Crippen LogP contribution in [0.4, 0.5) is 0 Å². The quantitative estimate of drug-likeness (QED) is 0.583. The fourth-order valence-electron chi connectivity index (χ4n) is 2.08. The standard InChI is InChI=1S/C13H27NO2/c1-12(11-13-5-3-6-13)14-7-4-8-16-10-9-15-2/h12-14H,3-11H2,1-2H3. The highest BCUT2D eigenvalue weighted by Gasteiger charge is 2.19. The molecule has 1 atom stereocenters. The molecule has 0 aromatic heterocycles. The third-order valence-corrected chi connectivity index (χ3v) is 3.30. The van der Waals surface area contributed by atoms with Crippen molar-refractivity contribution in [3.63, 3.8) is 0 Å². The van der Waals surface area contributed by atoms with Gasteiger partial charge in [0.25, 0.3) is 0 Å². The van der Waals surface area contributed by atoms with Crippen molar-refractivity contribution >= 4 is 0 Å². The van der Waals surface area contributed by atoms with Crippen molar-refractivity contribution in [2.24, 2.45) is 5.92 Å². The number of nitrogens with one attached hydrogen (secondary N) is 1. The Balaban J connectivity index is 1.78. The average Bonchev–Trinajstić information content (AvgIpc) is 2.22. The van der Waals surface area contributed by atoms with Gasteiger partial charge in [-0.15, -0.1) is 0 Å². The van der Waals surface area contributed by atoms with Crippen molar-refractivity contribution in [2.45, 2.75) is 45.1 Å². The number of hydrogen-bond donors (Lipinski definition) is 1. The lowest BCUT2D eigenvalue weighted by Crippen LogP contribution is -2.31. The summed E-state index contributed by atoms with van der Waals surface area (Å²) in [6.07, 6.45) is 6.80. The smallest absolute Gasteiger partial charge is 0.0700 e. The SMILES string of the molecule is COCCOCCCNC(C)CC1CCC1. The largest absolute Gasteiger partial charge is 0.382 e. The summed E-state index contributed by atoms with van der Waals surface area (Å²) in [5.41, 5.74) is 0. The van der Waals surface area contributed by atoms with Gasteiger partial charge < -0.3 is 14.8 Å². The summed E-state index contributed by atoms with van der Waals surface area (Å²) in [6, 6.07) is 0.671. The van der Waals surface area contributed by atoms with Crippen LogP contribution in [0.15, 0.2) is 0 Å². The molecule has 1 saturated carbocycles. The minimum Gasteiger partial charge on any atom is -0.382 e. The highest BCUT2D eigenvalue weighted by Crippen LogP contribution is 2.30. The molecule has 1 rings (SSSR count). The maximum Gasteiger partial charge on any atom is 0.0700 e. The van der Waals surface area contributed by atoms with E-state index in [2.05, 4.69) is 12.2 Å². The van der Waals surface area contributed by atoms with E-state index in [0.717, 1.165) is 25.5 Å². The minimum atomic E-state index is 0.671. The highest BCUT2D eigenvalue weighted by atomic mass is 16.5. The van der Waals surface area contributed by atoms with Crippen LogP contribution in [0, 0.1) is 5.92 Å². The Bertz CT molecular complexity index is 160. The Morgan fingerprint density at radius 2 is 2.06 bits per heavy atom. The first-order chi connectivity index (χ1) is 7.83. The van der Waals surface area contributed by atoms with Crippen LogP contribution in [0.2, 0.25) is 0 Å². The van der Waals surface area contributed by atoms with E-state index in [4.69, 9.17) is 9.47 Å². The van der Waals surface area contributed by atoms with E-state index in [1.54, 1.807) is 7.11 Å². The van der Waals surface area contributed by atoms with Crippen LogP contribution in [0.25, 0.3) is 0 Å². The lowest BCUT2D eigenvalue weighted by atomic mass is 9.81. The first kappa shape index (κ1) is 13.9. The zero-order valence-electron chi connectivity index (χ0n) is 10.8. The molecule has 1 N–H and O–H groups in total. The molecule has 0 aromatic rings. The molecular weight excluding hydrogens is 202 g/mol. The second-order valence-corrected chi connectivity index (χ2v) is 4.85. The lowest BCUT2D eigenvalue weighted by molar-refractivity contribution is 0.0691. The zero-order valence-corrected chi connectivity index (χ0v) is 10.8. The maximum absolute atomic E-state index is 5.40. The van der Waals surface area contributed by atoms with E-state index >= 15 is 0 Å². The van der Waals surface area contributed by atoms with Crippen molar-refractivity contribution < 1.29 is 9.47 Å². The van der Waals surface area contributed by atoms with Gasteiger partial charge in [0, 0.05) is 19.8 Å². The van der Waals surface area contributed by atoms with Gasteiger partial charge in [-0.25, -0.2) is 0 Å². The van der Waals surface area contributed by atoms with Crippen LogP contribution >= 0.6 is 0 Å². The van der Waals surface area contributed by atoms with Gasteiger partial charge >= 0.3 is 0 Å². The summed E-state index contributed by atoms with van der Waals surface area (Å²) in [5, 5.41) is 3.56. The third kappa shape index (κ3) is 6.46. The number of rotatable bonds is 10. The van der Waals surface area contributed by atoms with Crippen LogP contribution in [-0.4, -0.2) is 39.5 Å². The molecule has 96 valence electrons. The molecule has 3 heteroatoms.